The van der Waals surface area contributed by atoms with Crippen molar-refractivity contribution in [1.29, 1.82) is 0 Å². The predicted molar refractivity (Wildman–Crippen MR) is 114 cm³/mol. The van der Waals surface area contributed by atoms with Crippen LogP contribution in [-0.4, -0.2) is 19.0 Å². The molecule has 0 aliphatic carbocycles. The molecule has 1 N–H and O–H groups in total. The summed E-state index contributed by atoms with van der Waals surface area (Å²) in [4.78, 5) is 15.1. The van der Waals surface area contributed by atoms with E-state index in [0.29, 0.717) is 10.8 Å². The molecule has 28 heavy (non-hydrogen) atoms. The topological polar surface area (TPSA) is 45.5 Å². The number of nitrogens with one attached hydrogen (secondary N) is 1. The highest BCUT2D eigenvalue weighted by molar-refractivity contribution is 6.30. The molecule has 0 radical (unpaired) electrons. The van der Waals surface area contributed by atoms with E-state index in [9.17, 15) is 4.79 Å². The van der Waals surface area contributed by atoms with Gasteiger partial charge in [-0.05, 0) is 55.2 Å². The molecule has 0 bridgehead atoms. The van der Waals surface area contributed by atoms with Crippen molar-refractivity contribution < 1.29 is 9.21 Å². The quantitative estimate of drug-likeness (QED) is 0.582. The fraction of sp³-hybridized carbons (Fsp3) is 0.261. The third kappa shape index (κ3) is 4.07. The number of halogens is 1. The van der Waals surface area contributed by atoms with Crippen LogP contribution in [0.3, 0.4) is 0 Å². The van der Waals surface area contributed by atoms with Gasteiger partial charge in [-0.25, -0.2) is 0 Å². The van der Waals surface area contributed by atoms with Gasteiger partial charge in [0.05, 0.1) is 11.4 Å². The zero-order valence-corrected chi connectivity index (χ0v) is 16.6. The van der Waals surface area contributed by atoms with Crippen molar-refractivity contribution in [3.63, 3.8) is 0 Å². The van der Waals surface area contributed by atoms with Crippen molar-refractivity contribution in [3.8, 4) is 11.3 Å². The zero-order chi connectivity index (χ0) is 19.5. The number of nitrogens with zero attached hydrogens (tertiary/aromatic N) is 1. The fourth-order valence-corrected chi connectivity index (χ4v) is 3.74. The molecule has 0 unspecified atom stereocenters. The molecule has 4 rings (SSSR count). The maximum absolute atomic E-state index is 12.8. The molecule has 2 aromatic carbocycles. The first-order valence-corrected chi connectivity index (χ1v) is 9.99. The number of anilines is 2. The van der Waals surface area contributed by atoms with E-state index in [2.05, 4.69) is 23.2 Å². The first-order valence-electron chi connectivity index (χ1n) is 9.61. The average molecular weight is 395 g/mol. The van der Waals surface area contributed by atoms with Crippen LogP contribution in [0.5, 0.6) is 0 Å². The second-order valence-electron chi connectivity index (χ2n) is 7.32. The van der Waals surface area contributed by atoms with Gasteiger partial charge in [0.1, 0.15) is 5.76 Å². The highest BCUT2D eigenvalue weighted by Crippen LogP contribution is 2.31. The fourth-order valence-electron chi connectivity index (χ4n) is 3.55. The van der Waals surface area contributed by atoms with Gasteiger partial charge in [0, 0.05) is 23.7 Å². The summed E-state index contributed by atoms with van der Waals surface area (Å²) < 4.78 is 5.77. The van der Waals surface area contributed by atoms with Gasteiger partial charge in [-0.3, -0.25) is 4.79 Å². The van der Waals surface area contributed by atoms with Crippen molar-refractivity contribution >= 4 is 28.9 Å². The van der Waals surface area contributed by atoms with Crippen LogP contribution in [0.4, 0.5) is 11.4 Å². The Balaban J connectivity index is 1.52. The molecule has 1 saturated heterocycles. The van der Waals surface area contributed by atoms with E-state index in [4.69, 9.17) is 16.0 Å². The number of furan rings is 1. The van der Waals surface area contributed by atoms with Crippen LogP contribution in [0.15, 0.2) is 65.1 Å². The molecular weight excluding hydrogens is 372 g/mol. The molecule has 4 nitrogen and oxygen atoms in total. The monoisotopic (exact) mass is 394 g/mol. The Bertz CT molecular complexity index is 974. The smallest absolute Gasteiger partial charge is 0.291 e. The lowest BCUT2D eigenvalue weighted by atomic mass is 9.98. The number of piperidine rings is 1. The number of amides is 1. The van der Waals surface area contributed by atoms with Gasteiger partial charge in [-0.15, -0.1) is 0 Å². The van der Waals surface area contributed by atoms with Crippen LogP contribution in [0.25, 0.3) is 11.3 Å². The summed E-state index contributed by atoms with van der Waals surface area (Å²) in [7, 11) is 0. The molecule has 0 saturated carbocycles. The molecule has 0 spiro atoms. The zero-order valence-electron chi connectivity index (χ0n) is 15.8. The van der Waals surface area contributed by atoms with Crippen LogP contribution < -0.4 is 10.2 Å². The third-order valence-electron chi connectivity index (χ3n) is 5.22. The lowest BCUT2D eigenvalue weighted by Crippen LogP contribution is -2.33. The summed E-state index contributed by atoms with van der Waals surface area (Å²) in [5, 5.41) is 3.64. The second kappa shape index (κ2) is 8.11. The van der Waals surface area contributed by atoms with Crippen molar-refractivity contribution in [1.82, 2.24) is 0 Å². The van der Waals surface area contributed by atoms with Crippen molar-refractivity contribution in [2.45, 2.75) is 19.8 Å². The third-order valence-corrected chi connectivity index (χ3v) is 5.45. The van der Waals surface area contributed by atoms with Gasteiger partial charge >= 0.3 is 0 Å². The van der Waals surface area contributed by atoms with Gasteiger partial charge in [0.25, 0.3) is 5.91 Å². The maximum atomic E-state index is 12.8. The van der Waals surface area contributed by atoms with E-state index >= 15 is 0 Å². The van der Waals surface area contributed by atoms with Gasteiger partial charge in [-0.2, -0.15) is 0 Å². The van der Waals surface area contributed by atoms with Crippen molar-refractivity contribution in [2.75, 3.05) is 23.3 Å². The van der Waals surface area contributed by atoms with E-state index in [1.54, 1.807) is 18.2 Å². The molecular formula is C23H23ClN2O2. The van der Waals surface area contributed by atoms with E-state index in [1.807, 2.05) is 36.4 Å². The summed E-state index contributed by atoms with van der Waals surface area (Å²) in [5.41, 5.74) is 2.71. The molecule has 1 aliphatic heterocycles. The summed E-state index contributed by atoms with van der Waals surface area (Å²) >= 11 is 6.05. The highest BCUT2D eigenvalue weighted by atomic mass is 35.5. The molecule has 1 amide bonds. The SMILES string of the molecule is CC1CCN(c2ccccc2NC(=O)c2ccc(-c3cccc(Cl)c3)o2)CC1. The Morgan fingerprint density at radius 1 is 1.07 bits per heavy atom. The van der Waals surface area contributed by atoms with E-state index in [1.165, 1.54) is 12.8 Å². The number of para-hydroxylation sites is 2. The first kappa shape index (κ1) is 18.6. The Kier molecular flexibility index (Phi) is 5.40. The molecule has 1 fully saturated rings. The highest BCUT2D eigenvalue weighted by Gasteiger charge is 2.20. The summed E-state index contributed by atoms with van der Waals surface area (Å²) in [6.07, 6.45) is 2.34. The second-order valence-corrected chi connectivity index (χ2v) is 7.75. The minimum atomic E-state index is -0.258. The molecule has 3 aromatic rings. The van der Waals surface area contributed by atoms with E-state index in [-0.39, 0.29) is 11.7 Å². The number of rotatable bonds is 4. The summed E-state index contributed by atoms with van der Waals surface area (Å²) in [6.45, 7) is 4.31. The van der Waals surface area contributed by atoms with Gasteiger partial charge in [0.15, 0.2) is 5.76 Å². The minimum absolute atomic E-state index is 0.258. The molecule has 1 aliphatic rings. The van der Waals surface area contributed by atoms with Gasteiger partial charge in [-0.1, -0.05) is 42.8 Å². The van der Waals surface area contributed by atoms with Crippen molar-refractivity contribution in [2.24, 2.45) is 5.92 Å². The lowest BCUT2D eigenvalue weighted by Gasteiger charge is -2.33. The number of carbonyl (C=O) groups is 1. The molecule has 2 heterocycles. The van der Waals surface area contributed by atoms with Crippen LogP contribution >= 0.6 is 11.6 Å². The number of benzene rings is 2. The molecule has 144 valence electrons. The molecule has 1 aromatic heterocycles. The lowest BCUT2D eigenvalue weighted by molar-refractivity contribution is 0.0997. The molecule has 0 atom stereocenters. The normalized spacial score (nSPS) is 14.9. The standard InChI is InChI=1S/C23H23ClN2O2/c1-16-11-13-26(14-12-16)20-8-3-2-7-19(20)25-23(27)22-10-9-21(28-22)17-5-4-6-18(24)15-17/h2-10,15-16H,11-14H2,1H3,(H,25,27). The average Bonchev–Trinajstić information content (AvgIpc) is 3.20. The van der Waals surface area contributed by atoms with Crippen LogP contribution in [0.2, 0.25) is 5.02 Å². The van der Waals surface area contributed by atoms with E-state index in [0.717, 1.165) is 35.9 Å². The minimum Gasteiger partial charge on any atom is -0.451 e. The summed E-state index contributed by atoms with van der Waals surface area (Å²) in [6, 6.07) is 18.8. The Morgan fingerprint density at radius 2 is 1.86 bits per heavy atom. The van der Waals surface area contributed by atoms with Crippen LogP contribution in [0, 0.1) is 5.92 Å². The van der Waals surface area contributed by atoms with E-state index < -0.39 is 0 Å². The number of hydrogen-bond acceptors (Lipinski definition) is 3. The summed E-state index contributed by atoms with van der Waals surface area (Å²) in [5.74, 6) is 1.39. The Labute approximate surface area is 170 Å². The van der Waals surface area contributed by atoms with Crippen LogP contribution in [0.1, 0.15) is 30.3 Å². The van der Waals surface area contributed by atoms with Gasteiger partial charge < -0.3 is 14.6 Å². The van der Waals surface area contributed by atoms with Crippen molar-refractivity contribution in [3.05, 3.63) is 71.4 Å². The van der Waals surface area contributed by atoms with Gasteiger partial charge in [0.2, 0.25) is 0 Å². The molecule has 5 heteroatoms. The Morgan fingerprint density at radius 3 is 2.64 bits per heavy atom. The maximum Gasteiger partial charge on any atom is 0.291 e. The number of carbonyl (C=O) groups excluding carboxylic acids is 1. The van der Waals surface area contributed by atoms with Crippen LogP contribution in [-0.2, 0) is 0 Å². The predicted octanol–water partition coefficient (Wildman–Crippen LogP) is 6.09. The largest absolute Gasteiger partial charge is 0.451 e. The number of hydrogen-bond donors (Lipinski definition) is 1. The Hall–Kier alpha value is -2.72. The first-order chi connectivity index (χ1) is 13.6.